The van der Waals surface area contributed by atoms with Crippen LogP contribution in [-0.2, 0) is 92.0 Å². The van der Waals surface area contributed by atoms with Gasteiger partial charge in [-0.05, 0) is 170 Å². The Morgan fingerprint density at radius 3 is 1.62 bits per heavy atom. The number of pyridine rings is 4. The fraction of sp³-hybridized carbons (Fsp3) is 0.0244. The number of para-hydroxylation sites is 7. The number of aryl methyl sites for hydroxylation is 2. The summed E-state index contributed by atoms with van der Waals surface area (Å²) in [6.07, 6.45) is 17.3. The van der Waals surface area contributed by atoms with Crippen LogP contribution in [0.4, 0.5) is 45.5 Å². The molecule has 0 unspecified atom stereocenters. The molecule has 28 aromatic rings. The van der Waals surface area contributed by atoms with Gasteiger partial charge >= 0.3 is 58.4 Å². The molecule has 14 aromatic carbocycles. The molecule has 0 spiro atoms. The zero-order chi connectivity index (χ0) is 96.3. The summed E-state index contributed by atoms with van der Waals surface area (Å²) < 4.78 is 17.2. The van der Waals surface area contributed by atoms with Gasteiger partial charge in [-0.1, -0.05) is 170 Å². The number of imidazole rings is 1. The fourth-order valence-electron chi connectivity index (χ4n) is 20.1. The summed E-state index contributed by atoms with van der Waals surface area (Å²) in [5.41, 5.74) is 38.2. The number of nitrogens with zero attached hydrogens (tertiary/aromatic N) is 18. The Kier molecular flexibility index (Phi) is 26.5. The summed E-state index contributed by atoms with van der Waals surface area (Å²) in [4.78, 5) is 41.3. The van der Waals surface area contributed by atoms with Crippen molar-refractivity contribution in [3.05, 3.63) is 454 Å². The van der Waals surface area contributed by atoms with Gasteiger partial charge < -0.3 is 52.1 Å². The average molecular weight is 2200 g/mol. The van der Waals surface area contributed by atoms with Crippen LogP contribution in [0.2, 0.25) is 0 Å². The van der Waals surface area contributed by atoms with E-state index in [1.54, 1.807) is 45.8 Å². The normalized spacial score (nSPS) is 11.8. The second-order valence-electron chi connectivity index (χ2n) is 35.2. The van der Waals surface area contributed by atoms with Crippen LogP contribution in [0.5, 0.6) is 0 Å². The third-order valence-corrected chi connectivity index (χ3v) is 30.6. The molecule has 0 aliphatic carbocycles. The maximum absolute atomic E-state index is 4.71. The number of rotatable bonds is 12. The van der Waals surface area contributed by atoms with Crippen LogP contribution >= 0.6 is 45.8 Å². The molecule has 149 heavy (non-hydrogen) atoms. The number of anilines is 8. The molecule has 30 rings (SSSR count). The molecule has 0 fully saturated rings. The average Bonchev–Trinajstić information content (AvgIpc) is 1.45. The Morgan fingerprint density at radius 1 is 0.349 bits per heavy atom. The first kappa shape index (κ1) is 96.7. The van der Waals surface area contributed by atoms with Gasteiger partial charge in [-0.2, -0.15) is 35.1 Å². The Morgan fingerprint density at radius 2 is 0.893 bits per heavy atom. The van der Waals surface area contributed by atoms with E-state index in [-0.39, 0.29) is 77.9 Å². The first-order chi connectivity index (χ1) is 71.6. The van der Waals surface area contributed by atoms with Gasteiger partial charge in [0.2, 0.25) is 0 Å². The predicted molar refractivity (Wildman–Crippen MR) is 589 cm³/mol. The van der Waals surface area contributed by atoms with Crippen LogP contribution in [0.15, 0.2) is 416 Å². The number of hydrogen-bond acceptors (Lipinski definition) is 14. The molecule has 2 aliphatic rings. The van der Waals surface area contributed by atoms with E-state index in [0.29, 0.717) is 0 Å². The minimum atomic E-state index is 0. The summed E-state index contributed by atoms with van der Waals surface area (Å²) in [5, 5.41) is 14.8. The largest absolute Gasteiger partial charge is 2.00 e. The predicted octanol–water partition coefficient (Wildman–Crippen LogP) is 29.5. The molecule has 26 heteroatoms. The SMILES string of the molecule is CN1c2ccc(-c3cn(C)c4c3[n-]c[n+]4C)[c-]c2N(c2[c-]c(-c3cccc4scnc34)ccc2)c2ccccc21.[Zn+2].[Zn+2].[Zn+2].[Zn].[c-]1c(-c2ccccn2)cccc1N1c2[c-]c(-n3ccc4cccnc43)ccc2Sc2ccccc21.[c-]1c(-c2csc3scnc23)cccc1-n1c2[c-]c(-c3ccccn3)ccc2c2ccccc21.[c-]1c(-n2ccc3cccnc32)cccc1-n1c2[c-]c(-n3ncc4ccccc43)ccc2c2ccccc21. The molecule has 18 nitrogen and oxygen atoms in total. The molecule has 2 aliphatic heterocycles. The molecule has 16 heterocycles. The number of hydrogen-bond donors (Lipinski definition) is 0. The molecule has 0 bridgehead atoms. The summed E-state index contributed by atoms with van der Waals surface area (Å²) >= 11 is 6.85. The van der Waals surface area contributed by atoms with E-state index in [4.69, 9.17) is 4.98 Å². The summed E-state index contributed by atoms with van der Waals surface area (Å²) in [5.74, 6) is 0. The van der Waals surface area contributed by atoms with E-state index in [1.807, 2.05) is 127 Å². The molecule has 0 amide bonds. The molecular formula is C123H76N18S4Zn4-2. The molecule has 0 saturated heterocycles. The van der Waals surface area contributed by atoms with Crippen LogP contribution in [0.1, 0.15) is 0 Å². The molecule has 0 radical (unpaired) electrons. The van der Waals surface area contributed by atoms with Crippen molar-refractivity contribution in [3.8, 4) is 84.3 Å². The van der Waals surface area contributed by atoms with Crippen molar-refractivity contribution in [2.45, 2.75) is 9.79 Å². The van der Waals surface area contributed by atoms with Crippen LogP contribution < -0.4 is 24.3 Å². The maximum atomic E-state index is 4.71. The van der Waals surface area contributed by atoms with Crippen molar-refractivity contribution in [1.29, 1.82) is 0 Å². The zero-order valence-corrected chi connectivity index (χ0v) is 95.8. The van der Waals surface area contributed by atoms with Gasteiger partial charge in [0, 0.05) is 120 Å². The number of aromatic nitrogens is 15. The second kappa shape index (κ2) is 40.8. The third kappa shape index (κ3) is 17.3. The third-order valence-electron chi connectivity index (χ3n) is 26.7. The van der Waals surface area contributed by atoms with Gasteiger partial charge in [0.05, 0.1) is 61.2 Å². The Balaban J connectivity index is 0.000000108. The quantitative estimate of drug-likeness (QED) is 0.0651. The van der Waals surface area contributed by atoms with Gasteiger partial charge in [-0.15, -0.1) is 219 Å². The van der Waals surface area contributed by atoms with E-state index in [2.05, 4.69) is 430 Å². The van der Waals surface area contributed by atoms with Crippen molar-refractivity contribution < 1.29 is 82.5 Å². The Bertz CT molecular complexity index is 9920. The summed E-state index contributed by atoms with van der Waals surface area (Å²) in [7, 11) is 6.20. The molecule has 0 saturated carbocycles. The number of fused-ring (bicyclic) bond motifs is 16. The van der Waals surface area contributed by atoms with Gasteiger partial charge in [0.25, 0.3) is 0 Å². The number of thiazole rings is 2. The minimum absolute atomic E-state index is 0. The van der Waals surface area contributed by atoms with E-state index < -0.39 is 0 Å². The maximum Gasteiger partial charge on any atom is 2.00 e. The topological polar surface area (TPSA) is 148 Å². The number of thiophene rings is 1. The van der Waals surface area contributed by atoms with E-state index in [0.717, 1.165) is 217 Å². The standard InChI is InChI=1S/C33H24N6S.C32H19N5.C30H18N4S.C28H15N3S2.4Zn/c1-36-18-25(32-33(36)37(2)19-34-32)22-14-15-27-29(17-22)39(28-12-5-4-11-26(28)38(27)3)23-9-6-8-21(16-23)24-10-7-13-30-31(24)35-20-40-30;1-3-12-29-23(7-1)21-34-37(29)26-14-15-28-27-11-2-4-13-30(27)36(31(28)20-26)25-10-5-9-24(19-25)35-18-16-22-8-6-17-33-32(22)35;1-2-12-28-26(11-1)34(24-9-5-7-22(19-24)25-10-3-4-16-31-25)27-20-23(13-14-29(27)35-28)33-18-15-21-8-6-17-32-30(21)33;1-2-10-25-21(8-1)22-12-11-19(24-9-3-4-13-29-24)15-26(22)31(25)20-7-5-6-18(14-20)23-16-32-28-27(23)30-17-33-28;;;;/h4-15,18-20H,1-3H3;1-18,21H;1-18H;1-13,16-17H;;;;/q4*-2;;3*+2. The Labute approximate surface area is 924 Å². The molecule has 0 atom stereocenters. The first-order valence-electron chi connectivity index (χ1n) is 47.2. The minimum Gasteiger partial charge on any atom is -0.381 e. The number of benzene rings is 14. The van der Waals surface area contributed by atoms with Gasteiger partial charge in [0.15, 0.2) is 0 Å². The van der Waals surface area contributed by atoms with Crippen LogP contribution in [-0.4, -0.2) is 69.6 Å². The van der Waals surface area contributed by atoms with Crippen molar-refractivity contribution in [2.75, 3.05) is 21.7 Å². The fourth-order valence-corrected chi connectivity index (χ4v) is 23.6. The van der Waals surface area contributed by atoms with E-state index in [9.17, 15) is 0 Å². The first-order valence-corrected chi connectivity index (χ1v) is 50.7. The summed E-state index contributed by atoms with van der Waals surface area (Å²) in [6, 6.07) is 144. The molecule has 14 aromatic heterocycles. The van der Waals surface area contributed by atoms with E-state index >= 15 is 0 Å². The van der Waals surface area contributed by atoms with Crippen molar-refractivity contribution in [2.24, 2.45) is 14.1 Å². The summed E-state index contributed by atoms with van der Waals surface area (Å²) in [6.45, 7) is 0. The van der Waals surface area contributed by atoms with Crippen LogP contribution in [0.3, 0.4) is 0 Å². The second-order valence-corrected chi connectivity index (χ2v) is 39.2. The van der Waals surface area contributed by atoms with Crippen LogP contribution in [0, 0.1) is 48.5 Å². The monoisotopic (exact) mass is 2190 g/mol. The van der Waals surface area contributed by atoms with E-state index in [1.165, 1.54) is 29.8 Å². The smallest absolute Gasteiger partial charge is 0.381 e. The van der Waals surface area contributed by atoms with Crippen molar-refractivity contribution in [1.82, 2.24) is 67.5 Å². The van der Waals surface area contributed by atoms with Crippen molar-refractivity contribution in [3.63, 3.8) is 0 Å². The zero-order valence-electron chi connectivity index (χ0n) is 80.7. The van der Waals surface area contributed by atoms with Crippen molar-refractivity contribution >= 4 is 199 Å². The van der Waals surface area contributed by atoms with Gasteiger partial charge in [-0.3, -0.25) is 14.6 Å². The van der Waals surface area contributed by atoms with Gasteiger partial charge in [-0.25, -0.2) is 15.0 Å². The van der Waals surface area contributed by atoms with Crippen LogP contribution in [0.25, 0.3) is 192 Å². The molecule has 692 valence electrons. The Hall–Kier alpha value is -15.7. The molecular weight excluding hydrogens is 2120 g/mol. The van der Waals surface area contributed by atoms with Gasteiger partial charge in [0.1, 0.15) is 16.9 Å². The molecule has 0 N–H and O–H groups in total.